The van der Waals surface area contributed by atoms with Gasteiger partial charge in [-0.25, -0.2) is 9.59 Å². The Bertz CT molecular complexity index is 1020. The molecule has 0 unspecified atom stereocenters. The van der Waals surface area contributed by atoms with E-state index in [0.29, 0.717) is 0 Å². The fraction of sp³-hybridized carbons (Fsp3) is 0.360. The largest absolute Gasteiger partial charge is 0.480 e. The third kappa shape index (κ3) is 5.72. The van der Waals surface area contributed by atoms with Crippen molar-refractivity contribution < 1.29 is 33.8 Å². The van der Waals surface area contributed by atoms with E-state index in [9.17, 15) is 24.3 Å². The molecule has 2 aromatic rings. The van der Waals surface area contributed by atoms with E-state index in [1.165, 1.54) is 7.11 Å². The third-order valence-electron chi connectivity index (χ3n) is 5.84. The van der Waals surface area contributed by atoms with Crippen molar-refractivity contribution in [1.82, 2.24) is 10.6 Å². The minimum Gasteiger partial charge on any atom is -0.480 e. The van der Waals surface area contributed by atoms with Crippen LogP contribution in [0.25, 0.3) is 11.1 Å². The number of alkyl carbamates (subject to hydrolysis) is 1. The van der Waals surface area contributed by atoms with Gasteiger partial charge in [0.05, 0.1) is 7.11 Å². The SMILES string of the molecule is CC[C@H](NC(=O)OCC1c2ccccc2-c2ccccc21)C(=O)N[C@@H](CCC(=O)OC)C(=O)O. The van der Waals surface area contributed by atoms with Gasteiger partial charge < -0.3 is 25.2 Å². The topological polar surface area (TPSA) is 131 Å². The van der Waals surface area contributed by atoms with Crippen LogP contribution < -0.4 is 10.6 Å². The normalized spacial score (nSPS) is 13.7. The zero-order valence-electron chi connectivity index (χ0n) is 19.1. The number of carbonyl (C=O) groups is 4. The molecule has 3 N–H and O–H groups in total. The molecule has 0 aliphatic heterocycles. The predicted octanol–water partition coefficient (Wildman–Crippen LogP) is 2.83. The van der Waals surface area contributed by atoms with E-state index in [0.717, 1.165) is 22.3 Å². The van der Waals surface area contributed by atoms with E-state index < -0.39 is 36.0 Å². The molecule has 0 heterocycles. The summed E-state index contributed by atoms with van der Waals surface area (Å²) in [6, 6.07) is 13.6. The van der Waals surface area contributed by atoms with E-state index in [1.807, 2.05) is 48.5 Å². The number of fused-ring (bicyclic) bond motifs is 3. The quantitative estimate of drug-likeness (QED) is 0.457. The number of hydrogen-bond donors (Lipinski definition) is 3. The summed E-state index contributed by atoms with van der Waals surface area (Å²) in [5.74, 6) is -2.66. The van der Waals surface area contributed by atoms with Crippen LogP contribution >= 0.6 is 0 Å². The average Bonchev–Trinajstić information content (AvgIpc) is 3.16. The Balaban J connectivity index is 1.58. The highest BCUT2D eigenvalue weighted by Gasteiger charge is 2.30. The molecule has 2 aromatic carbocycles. The number of methoxy groups -OCH3 is 1. The van der Waals surface area contributed by atoms with E-state index >= 15 is 0 Å². The molecule has 1 aliphatic rings. The summed E-state index contributed by atoms with van der Waals surface area (Å²) in [6.07, 6.45) is -0.843. The lowest BCUT2D eigenvalue weighted by Crippen LogP contribution is -2.51. The fourth-order valence-corrected chi connectivity index (χ4v) is 4.03. The predicted molar refractivity (Wildman–Crippen MR) is 123 cm³/mol. The lowest BCUT2D eigenvalue weighted by Gasteiger charge is -2.21. The minimum atomic E-state index is -1.29. The number of aliphatic carboxylic acids is 1. The lowest BCUT2D eigenvalue weighted by molar-refractivity contribution is -0.144. The van der Waals surface area contributed by atoms with Crippen LogP contribution in [0.1, 0.15) is 43.2 Å². The lowest BCUT2D eigenvalue weighted by atomic mass is 9.98. The van der Waals surface area contributed by atoms with Gasteiger partial charge >= 0.3 is 18.0 Å². The molecule has 2 amide bonds. The van der Waals surface area contributed by atoms with Crippen molar-refractivity contribution in [2.75, 3.05) is 13.7 Å². The zero-order chi connectivity index (χ0) is 24.7. The Kier molecular flexibility index (Phi) is 8.24. The van der Waals surface area contributed by atoms with Crippen LogP contribution in [-0.4, -0.2) is 54.8 Å². The molecular formula is C25H28N2O7. The molecule has 0 radical (unpaired) electrons. The first-order chi connectivity index (χ1) is 16.3. The number of esters is 1. The van der Waals surface area contributed by atoms with Crippen molar-refractivity contribution in [2.24, 2.45) is 0 Å². The number of carboxylic acids is 1. The first-order valence-electron chi connectivity index (χ1n) is 11.1. The van der Waals surface area contributed by atoms with E-state index in [-0.39, 0.29) is 31.8 Å². The summed E-state index contributed by atoms with van der Waals surface area (Å²) < 4.78 is 9.96. The summed E-state index contributed by atoms with van der Waals surface area (Å²) >= 11 is 0. The highest BCUT2D eigenvalue weighted by atomic mass is 16.5. The first kappa shape index (κ1) is 24.8. The maximum Gasteiger partial charge on any atom is 0.407 e. The van der Waals surface area contributed by atoms with E-state index in [1.54, 1.807) is 6.92 Å². The highest BCUT2D eigenvalue weighted by molar-refractivity contribution is 5.89. The van der Waals surface area contributed by atoms with Gasteiger partial charge in [0.25, 0.3) is 0 Å². The third-order valence-corrected chi connectivity index (χ3v) is 5.84. The fourth-order valence-electron chi connectivity index (χ4n) is 4.03. The number of rotatable bonds is 10. The smallest absolute Gasteiger partial charge is 0.407 e. The molecule has 0 bridgehead atoms. The molecule has 1 aliphatic carbocycles. The minimum absolute atomic E-state index is 0.0921. The number of amides is 2. The van der Waals surface area contributed by atoms with Crippen LogP contribution in [0.4, 0.5) is 4.79 Å². The summed E-state index contributed by atoms with van der Waals surface area (Å²) in [5.41, 5.74) is 4.33. The standard InChI is InChI=1S/C25H28N2O7/c1-3-20(23(29)26-21(24(30)31)12-13-22(28)33-2)27-25(32)34-14-19-17-10-6-4-8-15(17)16-9-5-7-11-18(16)19/h4-11,19-21H,3,12-14H2,1-2H3,(H,26,29)(H,27,32)(H,30,31)/t20-,21-/m0/s1. The first-order valence-corrected chi connectivity index (χ1v) is 11.1. The molecule has 2 atom stereocenters. The number of ether oxygens (including phenoxy) is 2. The number of carboxylic acid groups (broad SMARTS) is 1. The molecule has 3 rings (SSSR count). The van der Waals surface area contributed by atoms with Gasteiger partial charge in [-0.1, -0.05) is 55.5 Å². The average molecular weight is 469 g/mol. The molecule has 9 nitrogen and oxygen atoms in total. The van der Waals surface area contributed by atoms with Crippen molar-refractivity contribution in [2.45, 2.75) is 44.2 Å². The molecular weight excluding hydrogens is 440 g/mol. The van der Waals surface area contributed by atoms with Crippen molar-refractivity contribution in [3.63, 3.8) is 0 Å². The van der Waals surface area contributed by atoms with Gasteiger partial charge in [-0.3, -0.25) is 9.59 Å². The van der Waals surface area contributed by atoms with Crippen molar-refractivity contribution in [1.29, 1.82) is 0 Å². The van der Waals surface area contributed by atoms with Crippen LogP contribution in [0.5, 0.6) is 0 Å². The molecule has 9 heteroatoms. The van der Waals surface area contributed by atoms with E-state index in [2.05, 4.69) is 15.4 Å². The Morgan fingerprint density at radius 1 is 0.941 bits per heavy atom. The van der Waals surface area contributed by atoms with E-state index in [4.69, 9.17) is 4.74 Å². The van der Waals surface area contributed by atoms with Gasteiger partial charge in [0.2, 0.25) is 5.91 Å². The highest BCUT2D eigenvalue weighted by Crippen LogP contribution is 2.44. The maximum atomic E-state index is 12.6. The summed E-state index contributed by atoms with van der Waals surface area (Å²) in [6.45, 7) is 1.77. The second-order valence-corrected chi connectivity index (χ2v) is 7.94. The zero-order valence-corrected chi connectivity index (χ0v) is 19.1. The van der Waals surface area contributed by atoms with Gasteiger partial charge in [0.1, 0.15) is 18.7 Å². The Morgan fingerprint density at radius 3 is 2.06 bits per heavy atom. The molecule has 34 heavy (non-hydrogen) atoms. The van der Waals surface area contributed by atoms with Gasteiger partial charge in [0.15, 0.2) is 0 Å². The molecule has 0 fully saturated rings. The van der Waals surface area contributed by atoms with Crippen LogP contribution in [0.15, 0.2) is 48.5 Å². The van der Waals surface area contributed by atoms with Crippen LogP contribution in [-0.2, 0) is 23.9 Å². The second kappa shape index (κ2) is 11.3. The molecule has 0 aromatic heterocycles. The molecule has 0 saturated heterocycles. The van der Waals surface area contributed by atoms with Crippen molar-refractivity contribution in [3.8, 4) is 11.1 Å². The summed E-state index contributed by atoms with van der Waals surface area (Å²) in [5, 5.41) is 14.2. The van der Waals surface area contributed by atoms with Gasteiger partial charge in [-0.05, 0) is 35.1 Å². The number of hydrogen-bond acceptors (Lipinski definition) is 6. The maximum absolute atomic E-state index is 12.6. The monoisotopic (exact) mass is 468 g/mol. The number of benzene rings is 2. The summed E-state index contributed by atoms with van der Waals surface area (Å²) in [7, 11) is 1.20. The van der Waals surface area contributed by atoms with Gasteiger partial charge in [0, 0.05) is 12.3 Å². The van der Waals surface area contributed by atoms with Crippen LogP contribution in [0.2, 0.25) is 0 Å². The Hall–Kier alpha value is -3.88. The van der Waals surface area contributed by atoms with Gasteiger partial charge in [-0.2, -0.15) is 0 Å². The van der Waals surface area contributed by atoms with Gasteiger partial charge in [-0.15, -0.1) is 0 Å². The molecule has 0 saturated carbocycles. The molecule has 180 valence electrons. The molecule has 0 spiro atoms. The second-order valence-electron chi connectivity index (χ2n) is 7.94. The van der Waals surface area contributed by atoms with Crippen LogP contribution in [0.3, 0.4) is 0 Å². The Labute approximate surface area is 197 Å². The van der Waals surface area contributed by atoms with Crippen LogP contribution in [0, 0.1) is 0 Å². The van der Waals surface area contributed by atoms with Crippen molar-refractivity contribution in [3.05, 3.63) is 59.7 Å². The number of carbonyl (C=O) groups excluding carboxylic acids is 3. The Morgan fingerprint density at radius 2 is 1.53 bits per heavy atom. The summed E-state index contributed by atoms with van der Waals surface area (Å²) in [4.78, 5) is 47.8. The number of nitrogens with one attached hydrogen (secondary N) is 2. The van der Waals surface area contributed by atoms with Crippen molar-refractivity contribution >= 4 is 23.9 Å².